The predicted octanol–water partition coefficient (Wildman–Crippen LogP) is 8.20. The monoisotopic (exact) mass is 375 g/mol. The van der Waals surface area contributed by atoms with Gasteiger partial charge in [0.2, 0.25) is 10.2 Å². The van der Waals surface area contributed by atoms with E-state index in [0.717, 1.165) is 37.2 Å². The van der Waals surface area contributed by atoms with Crippen LogP contribution >= 0.6 is 7.41 Å². The quantitative estimate of drug-likeness (QED) is 0.261. The average Bonchev–Trinajstić information content (AvgIpc) is 2.87. The second-order valence-electron chi connectivity index (χ2n) is 7.20. The Bertz CT molecular complexity index is 1630. The molecule has 0 amide bonds. The van der Waals surface area contributed by atoms with Crippen LogP contribution in [0.4, 0.5) is 0 Å². The van der Waals surface area contributed by atoms with Gasteiger partial charge in [-0.15, -0.1) is 0 Å². The summed E-state index contributed by atoms with van der Waals surface area (Å²) in [4.78, 5) is 0. The fourth-order valence-corrected chi connectivity index (χ4v) is 6.16. The lowest BCUT2D eigenvalue weighted by atomic mass is 9.97. The zero-order valence-corrected chi connectivity index (χ0v) is 16.0. The van der Waals surface area contributed by atoms with Crippen LogP contribution in [0.15, 0.2) is 97.1 Å². The van der Waals surface area contributed by atoms with E-state index in [1.807, 2.05) is 30.3 Å². The van der Waals surface area contributed by atoms with Crippen LogP contribution in [0.1, 0.15) is 0 Å². The molecule has 0 radical (unpaired) electrons. The summed E-state index contributed by atoms with van der Waals surface area (Å²) in [6, 6.07) is 33.5. The molecule has 6 aromatic rings. The predicted molar refractivity (Wildman–Crippen MR) is 122 cm³/mol. The number of hydrogen-bond acceptors (Lipinski definition) is 1. The average molecular weight is 375 g/mol. The van der Waals surface area contributed by atoms with Crippen molar-refractivity contribution in [3.63, 3.8) is 0 Å². The number of benzene rings is 5. The fraction of sp³-hybridized carbons (Fsp3) is 0. The van der Waals surface area contributed by atoms with E-state index in [2.05, 4.69) is 66.7 Å². The Hall–Kier alpha value is -3.28. The number of rotatable bonds is 0. The van der Waals surface area contributed by atoms with Crippen LogP contribution in [-0.2, 0) is 4.57 Å². The van der Waals surface area contributed by atoms with Gasteiger partial charge in [-0.05, 0) is 45.8 Å². The van der Waals surface area contributed by atoms with Crippen LogP contribution in [0.3, 0.4) is 0 Å². The first-order chi connectivity index (χ1) is 13.8. The standard InChI is InChI=1S/C26H16OP/c27-28-24-12-6-5-11-21(24)22-15-13-17-7-1-3-9-19(17)25(22)23-16-14-18-8-2-4-10-20(18)26(23)28/h1-16H/q+1. The third-order valence-electron chi connectivity index (χ3n) is 5.72. The SMILES string of the molecule is O=[p+]1c2ccccc2c2ccc3ccccc3c2c2ccc3ccccc3c21. The fourth-order valence-electron chi connectivity index (χ4n) is 4.46. The molecule has 0 spiro atoms. The van der Waals surface area contributed by atoms with Crippen molar-refractivity contribution in [1.29, 1.82) is 0 Å². The summed E-state index contributed by atoms with van der Waals surface area (Å²) in [5.74, 6) is 0. The van der Waals surface area contributed by atoms with Crippen molar-refractivity contribution in [2.24, 2.45) is 0 Å². The van der Waals surface area contributed by atoms with Gasteiger partial charge < -0.3 is 0 Å². The van der Waals surface area contributed by atoms with Gasteiger partial charge in [0.15, 0.2) is 0 Å². The second-order valence-corrected chi connectivity index (χ2v) is 8.72. The molecule has 0 aliphatic carbocycles. The minimum absolute atomic E-state index is 0.920. The Kier molecular flexibility index (Phi) is 3.29. The molecule has 0 saturated heterocycles. The topological polar surface area (TPSA) is 17.1 Å². The smallest absolute Gasteiger partial charge is 0.0616 e. The van der Waals surface area contributed by atoms with Crippen LogP contribution in [-0.4, -0.2) is 0 Å². The van der Waals surface area contributed by atoms with E-state index in [1.165, 1.54) is 16.2 Å². The maximum atomic E-state index is 13.9. The Morgan fingerprint density at radius 2 is 1.04 bits per heavy atom. The normalized spacial score (nSPS) is 12.4. The molecule has 6 rings (SSSR count). The Morgan fingerprint density at radius 1 is 0.464 bits per heavy atom. The Balaban J connectivity index is 2.12. The molecule has 1 atom stereocenters. The third kappa shape index (κ3) is 2.08. The summed E-state index contributed by atoms with van der Waals surface area (Å²) in [5, 5.41) is 11.0. The Labute approximate surface area is 162 Å². The first kappa shape index (κ1) is 15.7. The molecule has 2 heteroatoms. The lowest BCUT2D eigenvalue weighted by molar-refractivity contribution is 0.602. The maximum absolute atomic E-state index is 13.9. The van der Waals surface area contributed by atoms with Crippen LogP contribution in [0.25, 0.3) is 53.3 Å². The van der Waals surface area contributed by atoms with Gasteiger partial charge in [0.25, 0.3) is 0 Å². The lowest BCUT2D eigenvalue weighted by Crippen LogP contribution is -1.79. The molecule has 0 aliphatic rings. The number of fused-ring (bicyclic) bond motifs is 9. The van der Waals surface area contributed by atoms with Gasteiger partial charge in [0.1, 0.15) is 0 Å². The van der Waals surface area contributed by atoms with Crippen molar-refractivity contribution in [1.82, 2.24) is 0 Å². The van der Waals surface area contributed by atoms with Gasteiger partial charge in [-0.25, -0.2) is 0 Å². The summed E-state index contributed by atoms with van der Waals surface area (Å²) >= 11 is 0. The van der Waals surface area contributed by atoms with Gasteiger partial charge in [-0.3, -0.25) is 0 Å². The van der Waals surface area contributed by atoms with Crippen molar-refractivity contribution in [2.75, 3.05) is 0 Å². The molecule has 0 saturated carbocycles. The van der Waals surface area contributed by atoms with E-state index in [9.17, 15) is 4.57 Å². The van der Waals surface area contributed by atoms with E-state index >= 15 is 0 Å². The number of hydrogen-bond donors (Lipinski definition) is 0. The zero-order chi connectivity index (χ0) is 18.7. The second kappa shape index (κ2) is 5.86. The van der Waals surface area contributed by atoms with Crippen LogP contribution in [0.5, 0.6) is 0 Å². The highest BCUT2D eigenvalue weighted by Crippen LogP contribution is 2.45. The van der Waals surface area contributed by atoms with Gasteiger partial charge in [-0.1, -0.05) is 77.4 Å². The molecule has 1 nitrogen and oxygen atoms in total. The van der Waals surface area contributed by atoms with E-state index in [-0.39, 0.29) is 0 Å². The minimum atomic E-state index is -1.70. The third-order valence-corrected chi connectivity index (χ3v) is 7.43. The van der Waals surface area contributed by atoms with Gasteiger partial charge in [-0.2, -0.15) is 0 Å². The largest absolute Gasteiger partial charge is 0.417 e. The summed E-state index contributed by atoms with van der Waals surface area (Å²) in [6.45, 7) is 0. The molecule has 0 aliphatic heterocycles. The molecule has 1 unspecified atom stereocenters. The highest BCUT2D eigenvalue weighted by atomic mass is 31.1. The van der Waals surface area contributed by atoms with Crippen LogP contribution < -0.4 is 0 Å². The van der Waals surface area contributed by atoms with Crippen molar-refractivity contribution in [2.45, 2.75) is 0 Å². The van der Waals surface area contributed by atoms with Crippen molar-refractivity contribution in [3.05, 3.63) is 97.1 Å². The van der Waals surface area contributed by atoms with Crippen LogP contribution in [0, 0.1) is 0 Å². The first-order valence-electron chi connectivity index (χ1n) is 9.43. The van der Waals surface area contributed by atoms with E-state index in [4.69, 9.17) is 0 Å². The molecule has 0 bridgehead atoms. The molecule has 28 heavy (non-hydrogen) atoms. The molecule has 0 N–H and O–H groups in total. The van der Waals surface area contributed by atoms with E-state index < -0.39 is 7.41 Å². The van der Waals surface area contributed by atoms with Gasteiger partial charge >= 0.3 is 7.41 Å². The molecule has 130 valence electrons. The van der Waals surface area contributed by atoms with E-state index in [1.54, 1.807) is 0 Å². The van der Waals surface area contributed by atoms with Crippen molar-refractivity contribution >= 4 is 60.7 Å². The molecule has 0 fully saturated rings. The van der Waals surface area contributed by atoms with E-state index in [0.29, 0.717) is 0 Å². The van der Waals surface area contributed by atoms with Gasteiger partial charge in [0.05, 0.1) is 0 Å². The molecule has 1 heterocycles. The lowest BCUT2D eigenvalue weighted by Gasteiger charge is -2.04. The molecular formula is C26H16OP+. The molecule has 5 aromatic carbocycles. The molecule has 1 aromatic heterocycles. The summed E-state index contributed by atoms with van der Waals surface area (Å²) < 4.78 is 13.9. The Morgan fingerprint density at radius 3 is 1.82 bits per heavy atom. The summed E-state index contributed by atoms with van der Waals surface area (Å²) in [6.07, 6.45) is 0. The van der Waals surface area contributed by atoms with Crippen molar-refractivity contribution in [3.8, 4) is 0 Å². The molecular weight excluding hydrogens is 359 g/mol. The maximum Gasteiger partial charge on any atom is 0.417 e. The summed E-state index contributed by atoms with van der Waals surface area (Å²) in [5.41, 5.74) is 0. The first-order valence-corrected chi connectivity index (χ1v) is 10.7. The zero-order valence-electron chi connectivity index (χ0n) is 15.1. The minimum Gasteiger partial charge on any atom is -0.0616 e. The highest BCUT2D eigenvalue weighted by molar-refractivity contribution is 7.49. The summed E-state index contributed by atoms with van der Waals surface area (Å²) in [7, 11) is -1.70. The highest BCUT2D eigenvalue weighted by Gasteiger charge is 2.20. The van der Waals surface area contributed by atoms with Gasteiger partial charge in [0, 0.05) is 21.5 Å². The van der Waals surface area contributed by atoms with Crippen LogP contribution in [0.2, 0.25) is 0 Å². The van der Waals surface area contributed by atoms with Crippen molar-refractivity contribution < 1.29 is 4.57 Å².